The molecule has 3 rings (SSSR count). The van der Waals surface area contributed by atoms with Gasteiger partial charge in [0.15, 0.2) is 0 Å². The van der Waals surface area contributed by atoms with Crippen LogP contribution < -0.4 is 5.73 Å². The van der Waals surface area contributed by atoms with Crippen molar-refractivity contribution >= 4 is 0 Å². The fourth-order valence-corrected chi connectivity index (χ4v) is 3.44. The van der Waals surface area contributed by atoms with Crippen LogP contribution in [0.4, 0.5) is 0 Å². The predicted octanol–water partition coefficient (Wildman–Crippen LogP) is 3.01. The van der Waals surface area contributed by atoms with Crippen molar-refractivity contribution in [2.45, 2.75) is 50.6 Å². The molecule has 2 heteroatoms. The zero-order valence-corrected chi connectivity index (χ0v) is 11.2. The lowest BCUT2D eigenvalue weighted by molar-refractivity contribution is 0.331. The molecule has 0 atom stereocenters. The monoisotopic (exact) mass is 244 g/mol. The number of hydrogen-bond donors (Lipinski definition) is 1. The molecule has 2 nitrogen and oxygen atoms in total. The van der Waals surface area contributed by atoms with Crippen LogP contribution in [0.15, 0.2) is 24.3 Å². The minimum absolute atomic E-state index is 0.0355. The average Bonchev–Trinajstić information content (AvgIpc) is 3.03. The number of likely N-dealkylation sites (tertiary alicyclic amines) is 1. The normalized spacial score (nSPS) is 23.6. The Morgan fingerprint density at radius 3 is 2.17 bits per heavy atom. The molecule has 2 fully saturated rings. The van der Waals surface area contributed by atoms with E-state index in [1.165, 1.54) is 49.9 Å². The smallest absolute Gasteiger partial charge is 0.0409 e. The van der Waals surface area contributed by atoms with Crippen molar-refractivity contribution < 1.29 is 0 Å². The highest BCUT2D eigenvalue weighted by Gasteiger charge is 2.30. The summed E-state index contributed by atoms with van der Waals surface area (Å²) in [6.45, 7) is 3.64. The number of rotatable bonds is 3. The van der Waals surface area contributed by atoms with Crippen LogP contribution in [-0.4, -0.2) is 18.0 Å². The molecule has 1 aromatic rings. The molecular weight excluding hydrogens is 220 g/mol. The maximum Gasteiger partial charge on any atom is 0.0409 e. The molecule has 1 heterocycles. The summed E-state index contributed by atoms with van der Waals surface area (Å²) >= 11 is 0. The summed E-state index contributed by atoms with van der Waals surface area (Å²) in [5.74, 6) is 0. The zero-order valence-electron chi connectivity index (χ0n) is 11.2. The second-order valence-corrected chi connectivity index (χ2v) is 6.04. The van der Waals surface area contributed by atoms with E-state index < -0.39 is 0 Å². The van der Waals surface area contributed by atoms with Crippen LogP contribution in [0.2, 0.25) is 0 Å². The molecule has 18 heavy (non-hydrogen) atoms. The van der Waals surface area contributed by atoms with Gasteiger partial charge in [-0.1, -0.05) is 37.1 Å². The Hall–Kier alpha value is -0.860. The summed E-state index contributed by atoms with van der Waals surface area (Å²) < 4.78 is 0. The van der Waals surface area contributed by atoms with Crippen molar-refractivity contribution in [1.29, 1.82) is 0 Å². The maximum absolute atomic E-state index is 6.48. The second kappa shape index (κ2) is 5.02. The maximum atomic E-state index is 6.48. The van der Waals surface area contributed by atoms with Crippen LogP contribution in [-0.2, 0) is 12.1 Å². The average molecular weight is 244 g/mol. The van der Waals surface area contributed by atoms with Crippen molar-refractivity contribution in [2.24, 2.45) is 5.73 Å². The van der Waals surface area contributed by atoms with E-state index in [-0.39, 0.29) is 5.54 Å². The highest BCUT2D eigenvalue weighted by Crippen LogP contribution is 2.36. The summed E-state index contributed by atoms with van der Waals surface area (Å²) in [6.07, 6.45) is 7.60. The lowest BCUT2D eigenvalue weighted by atomic mass is 9.89. The lowest BCUT2D eigenvalue weighted by Gasteiger charge is -2.24. The highest BCUT2D eigenvalue weighted by molar-refractivity contribution is 5.29. The first-order valence-corrected chi connectivity index (χ1v) is 7.37. The van der Waals surface area contributed by atoms with E-state index in [4.69, 9.17) is 5.73 Å². The van der Waals surface area contributed by atoms with E-state index in [0.717, 1.165) is 19.4 Å². The molecule has 0 radical (unpaired) electrons. The standard InChI is InChI=1S/C16H24N2/c17-16(9-1-2-10-16)15-7-5-14(6-8-15)13-18-11-3-4-12-18/h5-8H,1-4,9-13,17H2. The van der Waals surface area contributed by atoms with E-state index in [1.807, 2.05) is 0 Å². The molecule has 0 unspecified atom stereocenters. The first kappa shape index (κ1) is 12.2. The highest BCUT2D eigenvalue weighted by atomic mass is 15.1. The van der Waals surface area contributed by atoms with Crippen LogP contribution in [0, 0.1) is 0 Å². The Labute approximate surface area is 110 Å². The molecule has 1 aromatic carbocycles. The van der Waals surface area contributed by atoms with E-state index in [9.17, 15) is 0 Å². The molecule has 1 aliphatic heterocycles. The van der Waals surface area contributed by atoms with E-state index >= 15 is 0 Å². The summed E-state index contributed by atoms with van der Waals surface area (Å²) in [7, 11) is 0. The second-order valence-electron chi connectivity index (χ2n) is 6.04. The van der Waals surface area contributed by atoms with Crippen molar-refractivity contribution in [3.8, 4) is 0 Å². The third kappa shape index (κ3) is 2.45. The Morgan fingerprint density at radius 2 is 1.56 bits per heavy atom. The van der Waals surface area contributed by atoms with Gasteiger partial charge in [0.05, 0.1) is 0 Å². The quantitative estimate of drug-likeness (QED) is 0.885. The van der Waals surface area contributed by atoms with Crippen molar-refractivity contribution in [1.82, 2.24) is 4.90 Å². The first-order chi connectivity index (χ1) is 8.76. The Kier molecular flexibility index (Phi) is 3.40. The Morgan fingerprint density at radius 1 is 0.944 bits per heavy atom. The van der Waals surface area contributed by atoms with E-state index in [1.54, 1.807) is 0 Å². The van der Waals surface area contributed by atoms with Crippen molar-refractivity contribution in [3.63, 3.8) is 0 Å². The van der Waals surface area contributed by atoms with Gasteiger partial charge < -0.3 is 5.73 Å². The van der Waals surface area contributed by atoms with E-state index in [0.29, 0.717) is 0 Å². The molecule has 2 aliphatic rings. The third-order valence-electron chi connectivity index (χ3n) is 4.63. The molecular formula is C16H24N2. The van der Waals surface area contributed by atoms with Gasteiger partial charge in [-0.3, -0.25) is 4.90 Å². The molecule has 0 amide bonds. The minimum atomic E-state index is -0.0355. The van der Waals surface area contributed by atoms with Gasteiger partial charge in [-0.05, 0) is 49.9 Å². The van der Waals surface area contributed by atoms with Crippen molar-refractivity contribution in [3.05, 3.63) is 35.4 Å². The van der Waals surface area contributed by atoms with Crippen LogP contribution in [0.3, 0.4) is 0 Å². The van der Waals surface area contributed by atoms with E-state index in [2.05, 4.69) is 29.2 Å². The molecule has 1 saturated carbocycles. The third-order valence-corrected chi connectivity index (χ3v) is 4.63. The van der Waals surface area contributed by atoms with Crippen LogP contribution in [0.5, 0.6) is 0 Å². The summed E-state index contributed by atoms with van der Waals surface area (Å²) in [4.78, 5) is 2.54. The molecule has 1 aliphatic carbocycles. The number of benzene rings is 1. The largest absolute Gasteiger partial charge is 0.321 e. The van der Waals surface area contributed by atoms with Crippen LogP contribution in [0.1, 0.15) is 49.7 Å². The molecule has 0 spiro atoms. The molecule has 0 bridgehead atoms. The minimum Gasteiger partial charge on any atom is -0.321 e. The fraction of sp³-hybridized carbons (Fsp3) is 0.625. The Bertz CT molecular complexity index is 384. The number of nitrogens with zero attached hydrogens (tertiary/aromatic N) is 1. The van der Waals surface area contributed by atoms with Crippen LogP contribution >= 0.6 is 0 Å². The van der Waals surface area contributed by atoms with Gasteiger partial charge in [-0.25, -0.2) is 0 Å². The summed E-state index contributed by atoms with van der Waals surface area (Å²) in [5, 5.41) is 0. The van der Waals surface area contributed by atoms with Gasteiger partial charge >= 0.3 is 0 Å². The first-order valence-electron chi connectivity index (χ1n) is 7.37. The SMILES string of the molecule is NC1(c2ccc(CN3CCCC3)cc2)CCCC1. The van der Waals surface area contributed by atoms with Gasteiger partial charge in [0.25, 0.3) is 0 Å². The van der Waals surface area contributed by atoms with Gasteiger partial charge in [0, 0.05) is 12.1 Å². The summed E-state index contributed by atoms with van der Waals surface area (Å²) in [5.41, 5.74) is 9.22. The molecule has 0 aromatic heterocycles. The molecule has 98 valence electrons. The topological polar surface area (TPSA) is 29.3 Å². The van der Waals surface area contributed by atoms with Gasteiger partial charge in [-0.15, -0.1) is 0 Å². The lowest BCUT2D eigenvalue weighted by Crippen LogP contribution is -2.33. The molecule has 1 saturated heterocycles. The predicted molar refractivity (Wildman–Crippen MR) is 75.3 cm³/mol. The number of hydrogen-bond acceptors (Lipinski definition) is 2. The van der Waals surface area contributed by atoms with Gasteiger partial charge in [0.2, 0.25) is 0 Å². The zero-order chi connectivity index (χ0) is 12.4. The van der Waals surface area contributed by atoms with Gasteiger partial charge in [-0.2, -0.15) is 0 Å². The Balaban J connectivity index is 1.68. The van der Waals surface area contributed by atoms with Crippen LogP contribution in [0.25, 0.3) is 0 Å². The fourth-order valence-electron chi connectivity index (χ4n) is 3.44. The van der Waals surface area contributed by atoms with Crippen molar-refractivity contribution in [2.75, 3.05) is 13.1 Å². The number of nitrogens with two attached hydrogens (primary N) is 1. The molecule has 2 N–H and O–H groups in total. The summed E-state index contributed by atoms with van der Waals surface area (Å²) in [6, 6.07) is 9.08. The van der Waals surface area contributed by atoms with Gasteiger partial charge in [0.1, 0.15) is 0 Å².